The molecule has 3 rings (SSSR count). The number of methoxy groups -OCH3 is 1. The van der Waals surface area contributed by atoms with Crippen LogP contribution < -0.4 is 5.32 Å². The molecule has 1 aliphatic heterocycles. The van der Waals surface area contributed by atoms with E-state index in [1.165, 1.54) is 13.4 Å². The summed E-state index contributed by atoms with van der Waals surface area (Å²) in [6, 6.07) is 3.43. The number of thiazole rings is 1. The molecule has 0 spiro atoms. The van der Waals surface area contributed by atoms with Crippen molar-refractivity contribution in [2.75, 3.05) is 25.6 Å². The van der Waals surface area contributed by atoms with E-state index in [9.17, 15) is 9.59 Å². The number of carbonyl (C=O) groups is 2. The Morgan fingerprint density at radius 1 is 1.29 bits per heavy atom. The van der Waals surface area contributed by atoms with E-state index in [4.69, 9.17) is 18.6 Å². The van der Waals surface area contributed by atoms with Gasteiger partial charge in [-0.2, -0.15) is 0 Å². The molecule has 0 atom stereocenters. The zero-order valence-electron chi connectivity index (χ0n) is 16.4. The number of ketones is 1. The summed E-state index contributed by atoms with van der Waals surface area (Å²) in [7, 11) is 1.52. The lowest BCUT2D eigenvalue weighted by atomic mass is 9.88. The highest BCUT2D eigenvalue weighted by Gasteiger charge is 2.43. The van der Waals surface area contributed by atoms with E-state index < -0.39 is 17.3 Å². The van der Waals surface area contributed by atoms with Gasteiger partial charge >= 0.3 is 6.09 Å². The maximum atomic E-state index is 13.4. The average molecular weight is 408 g/mol. The van der Waals surface area contributed by atoms with Gasteiger partial charge in [0.1, 0.15) is 21.8 Å². The molecule has 2 aromatic heterocycles. The van der Waals surface area contributed by atoms with E-state index in [0.29, 0.717) is 42.4 Å². The zero-order chi connectivity index (χ0) is 20.4. The fourth-order valence-corrected chi connectivity index (χ4v) is 3.92. The summed E-state index contributed by atoms with van der Waals surface area (Å²) in [5.41, 5.74) is -1.25. The van der Waals surface area contributed by atoms with Gasteiger partial charge in [-0.15, -0.1) is 0 Å². The van der Waals surface area contributed by atoms with E-state index in [0.717, 1.165) is 11.3 Å². The molecule has 1 aliphatic rings. The topological polar surface area (TPSA) is 99.9 Å². The van der Waals surface area contributed by atoms with Crippen molar-refractivity contribution in [3.8, 4) is 11.5 Å². The number of Topliss-reactive ketones (excluding diaryl/α,β-unsaturated/α-hetero) is 1. The Morgan fingerprint density at radius 2 is 2.00 bits per heavy atom. The van der Waals surface area contributed by atoms with Crippen LogP contribution in [0.4, 0.5) is 9.93 Å². The summed E-state index contributed by atoms with van der Waals surface area (Å²) in [5, 5.41) is 2.85. The minimum atomic E-state index is -0.977. The molecule has 1 N–H and O–H groups in total. The van der Waals surface area contributed by atoms with E-state index in [-0.39, 0.29) is 10.9 Å². The Bertz CT molecular complexity index is 831. The van der Waals surface area contributed by atoms with Crippen LogP contribution in [0.2, 0.25) is 0 Å². The summed E-state index contributed by atoms with van der Waals surface area (Å²) >= 11 is 1.07. The second-order valence-corrected chi connectivity index (χ2v) is 8.44. The lowest BCUT2D eigenvalue weighted by Crippen LogP contribution is -2.45. The van der Waals surface area contributed by atoms with Crippen molar-refractivity contribution in [3.05, 3.63) is 23.3 Å². The summed E-state index contributed by atoms with van der Waals surface area (Å²) in [5.74, 6) is 0.245. The van der Waals surface area contributed by atoms with Crippen molar-refractivity contribution < 1.29 is 28.2 Å². The monoisotopic (exact) mass is 408 g/mol. The van der Waals surface area contributed by atoms with Crippen LogP contribution in [0.25, 0.3) is 11.5 Å². The number of nitrogens with one attached hydrogen (secondary N) is 1. The second-order valence-electron chi connectivity index (χ2n) is 7.44. The Kier molecular flexibility index (Phi) is 5.87. The van der Waals surface area contributed by atoms with Gasteiger partial charge in [-0.1, -0.05) is 11.3 Å². The van der Waals surface area contributed by atoms with Crippen LogP contribution in [-0.4, -0.2) is 48.4 Å². The molecular formula is C19H24N2O6S. The lowest BCUT2D eigenvalue weighted by molar-refractivity contribution is -0.0660. The van der Waals surface area contributed by atoms with Crippen LogP contribution in [0, 0.1) is 0 Å². The van der Waals surface area contributed by atoms with Crippen molar-refractivity contribution in [3.63, 3.8) is 0 Å². The fraction of sp³-hybridized carbons (Fsp3) is 0.526. The first-order chi connectivity index (χ1) is 13.2. The molecule has 28 heavy (non-hydrogen) atoms. The number of rotatable bonds is 5. The standard InChI is InChI=1S/C19H24N2O6S/c1-18(2,3)27-17(23)21-16-20-13(12-6-5-9-26-12)14(28-16)15(22)19(24-4)7-10-25-11-8-19/h5-6,9H,7-8,10-11H2,1-4H3,(H,20,21,23). The SMILES string of the molecule is COC1(C(=O)c2sc(NC(=O)OC(C)(C)C)nc2-c2ccco2)CCOCC1. The van der Waals surface area contributed by atoms with Crippen molar-refractivity contribution in [1.82, 2.24) is 4.98 Å². The number of aromatic nitrogens is 1. The second kappa shape index (κ2) is 8.02. The van der Waals surface area contributed by atoms with Crippen molar-refractivity contribution in [2.24, 2.45) is 0 Å². The van der Waals surface area contributed by atoms with Crippen molar-refractivity contribution in [2.45, 2.75) is 44.8 Å². The van der Waals surface area contributed by atoms with Gasteiger partial charge in [-0.05, 0) is 32.9 Å². The van der Waals surface area contributed by atoms with Gasteiger partial charge in [0.2, 0.25) is 5.78 Å². The van der Waals surface area contributed by atoms with E-state index in [1.807, 2.05) is 0 Å². The van der Waals surface area contributed by atoms with Gasteiger partial charge in [0.15, 0.2) is 10.9 Å². The quantitative estimate of drug-likeness (QED) is 0.743. The molecule has 0 unspecified atom stereocenters. The highest BCUT2D eigenvalue weighted by molar-refractivity contribution is 7.18. The third-order valence-electron chi connectivity index (χ3n) is 4.30. The first kappa shape index (κ1) is 20.5. The molecule has 1 saturated heterocycles. The molecule has 1 fully saturated rings. The van der Waals surface area contributed by atoms with Crippen LogP contribution >= 0.6 is 11.3 Å². The van der Waals surface area contributed by atoms with Crippen molar-refractivity contribution in [1.29, 1.82) is 0 Å². The molecule has 152 valence electrons. The molecule has 0 aromatic carbocycles. The number of carbonyl (C=O) groups excluding carboxylic acids is 2. The minimum absolute atomic E-state index is 0.195. The number of amides is 1. The first-order valence-electron chi connectivity index (χ1n) is 8.96. The molecule has 1 amide bonds. The Hall–Kier alpha value is -2.23. The van der Waals surface area contributed by atoms with E-state index >= 15 is 0 Å². The number of ether oxygens (including phenoxy) is 3. The Labute approximate surface area is 167 Å². The molecule has 2 aromatic rings. The summed E-state index contributed by atoms with van der Waals surface area (Å²) in [4.78, 5) is 30.3. The number of hydrogen-bond acceptors (Lipinski definition) is 8. The van der Waals surface area contributed by atoms with Gasteiger partial charge in [0.25, 0.3) is 0 Å². The predicted octanol–water partition coefficient (Wildman–Crippen LogP) is 4.13. The minimum Gasteiger partial charge on any atom is -0.463 e. The molecule has 8 nitrogen and oxygen atoms in total. The maximum absolute atomic E-state index is 13.4. The molecule has 0 bridgehead atoms. The summed E-state index contributed by atoms with van der Waals surface area (Å²) < 4.78 is 21.7. The lowest BCUT2D eigenvalue weighted by Gasteiger charge is -2.34. The van der Waals surface area contributed by atoms with E-state index in [1.54, 1.807) is 32.9 Å². The third-order valence-corrected chi connectivity index (χ3v) is 5.27. The highest BCUT2D eigenvalue weighted by atomic mass is 32.1. The van der Waals surface area contributed by atoms with Crippen molar-refractivity contribution >= 4 is 28.3 Å². The van der Waals surface area contributed by atoms with Gasteiger partial charge < -0.3 is 18.6 Å². The molecule has 3 heterocycles. The van der Waals surface area contributed by atoms with Gasteiger partial charge in [0.05, 0.1) is 6.26 Å². The van der Waals surface area contributed by atoms with Crippen LogP contribution in [0.15, 0.2) is 22.8 Å². The smallest absolute Gasteiger partial charge is 0.413 e. The summed E-state index contributed by atoms with van der Waals surface area (Å²) in [6.07, 6.45) is 1.77. The number of hydrogen-bond donors (Lipinski definition) is 1. The van der Waals surface area contributed by atoms with Crippen LogP contribution in [-0.2, 0) is 14.2 Å². The molecular weight excluding hydrogens is 384 g/mol. The number of anilines is 1. The summed E-state index contributed by atoms with van der Waals surface area (Å²) in [6.45, 7) is 6.19. The van der Waals surface area contributed by atoms with Gasteiger partial charge in [-0.3, -0.25) is 10.1 Å². The van der Waals surface area contributed by atoms with E-state index in [2.05, 4.69) is 10.3 Å². The largest absolute Gasteiger partial charge is 0.463 e. The zero-order valence-corrected chi connectivity index (χ0v) is 17.2. The third kappa shape index (κ3) is 4.43. The fourth-order valence-electron chi connectivity index (χ4n) is 2.93. The highest BCUT2D eigenvalue weighted by Crippen LogP contribution is 2.38. The maximum Gasteiger partial charge on any atom is 0.413 e. The van der Waals surface area contributed by atoms with Crippen LogP contribution in [0.3, 0.4) is 0 Å². The van der Waals surface area contributed by atoms with Gasteiger partial charge in [-0.25, -0.2) is 9.78 Å². The van der Waals surface area contributed by atoms with Crippen LogP contribution in [0.1, 0.15) is 43.3 Å². The predicted molar refractivity (Wildman–Crippen MR) is 104 cm³/mol. The molecule has 9 heteroatoms. The van der Waals surface area contributed by atoms with Crippen LogP contribution in [0.5, 0.6) is 0 Å². The first-order valence-corrected chi connectivity index (χ1v) is 9.78. The van der Waals surface area contributed by atoms with Gasteiger partial charge in [0, 0.05) is 33.2 Å². The molecule has 0 radical (unpaired) electrons. The number of furan rings is 1. The molecule has 0 saturated carbocycles. The average Bonchev–Trinajstić information content (AvgIpc) is 3.29. The number of nitrogens with zero attached hydrogens (tertiary/aromatic N) is 1. The normalized spacial score (nSPS) is 16.6. The molecule has 0 aliphatic carbocycles. The Morgan fingerprint density at radius 3 is 2.57 bits per heavy atom. The Balaban J connectivity index is 1.94.